The summed E-state index contributed by atoms with van der Waals surface area (Å²) < 4.78 is 18.2. The maximum absolute atomic E-state index is 13.2. The van der Waals surface area contributed by atoms with Gasteiger partial charge < -0.3 is 4.74 Å². The van der Waals surface area contributed by atoms with Crippen molar-refractivity contribution in [2.24, 2.45) is 0 Å². The van der Waals surface area contributed by atoms with E-state index in [4.69, 9.17) is 16.3 Å². The molecule has 80 valence electrons. The summed E-state index contributed by atoms with van der Waals surface area (Å²) in [5, 5.41) is 0.0780. The van der Waals surface area contributed by atoms with E-state index in [1.165, 1.54) is 19.2 Å². The number of benzene rings is 1. The van der Waals surface area contributed by atoms with Gasteiger partial charge in [0.15, 0.2) is 0 Å². The van der Waals surface area contributed by atoms with E-state index >= 15 is 0 Å². The lowest BCUT2D eigenvalue weighted by molar-refractivity contribution is 0.411. The molecule has 3 heteroatoms. The molecule has 0 saturated heterocycles. The van der Waals surface area contributed by atoms with Gasteiger partial charge in [0.25, 0.3) is 0 Å². The summed E-state index contributed by atoms with van der Waals surface area (Å²) >= 11 is 5.97. The van der Waals surface area contributed by atoms with E-state index < -0.39 is 0 Å². The molecule has 0 amide bonds. The zero-order valence-electron chi connectivity index (χ0n) is 8.47. The average Bonchev–Trinajstić information content (AvgIpc) is 2.64. The van der Waals surface area contributed by atoms with Crippen LogP contribution in [0.15, 0.2) is 24.3 Å². The third-order valence-corrected chi connectivity index (χ3v) is 2.89. The zero-order chi connectivity index (χ0) is 10.8. The Morgan fingerprint density at radius 3 is 2.80 bits per heavy atom. The highest BCUT2D eigenvalue weighted by Crippen LogP contribution is 2.32. The van der Waals surface area contributed by atoms with Crippen LogP contribution in [0.3, 0.4) is 0 Å². The van der Waals surface area contributed by atoms with Crippen molar-refractivity contribution in [3.8, 4) is 5.75 Å². The molecule has 0 N–H and O–H groups in total. The molecular weight excluding hydrogens is 215 g/mol. The quantitative estimate of drug-likeness (QED) is 0.700. The molecule has 15 heavy (non-hydrogen) atoms. The first-order valence-corrected chi connectivity index (χ1v) is 5.32. The highest BCUT2D eigenvalue weighted by molar-refractivity contribution is 6.22. The van der Waals surface area contributed by atoms with Crippen LogP contribution in [0.1, 0.15) is 18.4 Å². The molecular formula is C12H12ClFO. The summed E-state index contributed by atoms with van der Waals surface area (Å²) in [6.07, 6.45) is 3.81. The van der Waals surface area contributed by atoms with Crippen LogP contribution in [-0.2, 0) is 0 Å². The fourth-order valence-corrected chi connectivity index (χ4v) is 2.05. The van der Waals surface area contributed by atoms with Crippen molar-refractivity contribution in [1.82, 2.24) is 0 Å². The minimum absolute atomic E-state index is 0.0780. The molecule has 1 atom stereocenters. The smallest absolute Gasteiger partial charge is 0.127 e. The second-order valence-electron chi connectivity index (χ2n) is 3.63. The molecule has 0 spiro atoms. The van der Waals surface area contributed by atoms with Gasteiger partial charge in [-0.2, -0.15) is 0 Å². The molecule has 0 radical (unpaired) electrons. The minimum atomic E-state index is -0.275. The average molecular weight is 227 g/mol. The molecule has 1 aliphatic rings. The Balaban J connectivity index is 2.36. The Bertz CT molecular complexity index is 401. The Kier molecular flexibility index (Phi) is 2.96. The van der Waals surface area contributed by atoms with Gasteiger partial charge in [-0.05, 0) is 36.1 Å². The summed E-state index contributed by atoms with van der Waals surface area (Å²) in [7, 11) is 1.53. The summed E-state index contributed by atoms with van der Waals surface area (Å²) in [6, 6.07) is 4.73. The lowest BCUT2D eigenvalue weighted by Crippen LogP contribution is -1.88. The number of alkyl halides is 1. The van der Waals surface area contributed by atoms with Crippen LogP contribution < -0.4 is 4.74 Å². The van der Waals surface area contributed by atoms with Gasteiger partial charge >= 0.3 is 0 Å². The Hall–Kier alpha value is -1.02. The number of ether oxygens (including phenoxy) is 1. The van der Waals surface area contributed by atoms with Crippen molar-refractivity contribution in [2.45, 2.75) is 18.2 Å². The van der Waals surface area contributed by atoms with Crippen LogP contribution in [0.4, 0.5) is 4.39 Å². The van der Waals surface area contributed by atoms with Crippen LogP contribution in [0.25, 0.3) is 5.57 Å². The minimum Gasteiger partial charge on any atom is -0.497 e. The van der Waals surface area contributed by atoms with Gasteiger partial charge in [0.1, 0.15) is 11.6 Å². The molecule has 0 saturated carbocycles. The molecule has 1 aromatic carbocycles. The fourth-order valence-electron chi connectivity index (χ4n) is 1.78. The largest absolute Gasteiger partial charge is 0.497 e. The van der Waals surface area contributed by atoms with Crippen molar-refractivity contribution in [2.75, 3.05) is 7.11 Å². The van der Waals surface area contributed by atoms with E-state index in [0.29, 0.717) is 5.75 Å². The lowest BCUT2D eigenvalue weighted by Gasteiger charge is -2.05. The van der Waals surface area contributed by atoms with Gasteiger partial charge in [0.05, 0.1) is 12.5 Å². The van der Waals surface area contributed by atoms with Crippen LogP contribution >= 0.6 is 11.6 Å². The molecule has 0 heterocycles. The monoisotopic (exact) mass is 226 g/mol. The van der Waals surface area contributed by atoms with Crippen molar-refractivity contribution >= 4 is 17.2 Å². The first-order chi connectivity index (χ1) is 7.19. The van der Waals surface area contributed by atoms with Crippen LogP contribution in [-0.4, -0.2) is 12.5 Å². The van der Waals surface area contributed by atoms with Crippen LogP contribution in [0, 0.1) is 5.82 Å². The molecule has 0 aromatic heterocycles. The highest BCUT2D eigenvalue weighted by atomic mass is 35.5. The summed E-state index contributed by atoms with van der Waals surface area (Å²) in [5.74, 6) is 0.271. The number of hydrogen-bond donors (Lipinski definition) is 0. The van der Waals surface area contributed by atoms with Crippen LogP contribution in [0.5, 0.6) is 5.75 Å². The predicted octanol–water partition coefficient (Wildman–Crippen LogP) is 3.62. The van der Waals surface area contributed by atoms with Crippen molar-refractivity contribution in [1.29, 1.82) is 0 Å². The van der Waals surface area contributed by atoms with Crippen molar-refractivity contribution < 1.29 is 9.13 Å². The molecule has 1 aliphatic carbocycles. The number of rotatable bonds is 2. The van der Waals surface area contributed by atoms with E-state index in [1.54, 1.807) is 0 Å². The topological polar surface area (TPSA) is 9.23 Å². The third-order valence-electron chi connectivity index (χ3n) is 2.55. The Morgan fingerprint density at radius 2 is 2.20 bits per heavy atom. The van der Waals surface area contributed by atoms with Gasteiger partial charge in [-0.25, -0.2) is 4.39 Å². The number of hydrogen-bond acceptors (Lipinski definition) is 1. The molecule has 1 aromatic rings. The second-order valence-corrected chi connectivity index (χ2v) is 4.19. The second kappa shape index (κ2) is 4.23. The van der Waals surface area contributed by atoms with E-state index in [1.807, 2.05) is 12.1 Å². The predicted molar refractivity (Wildman–Crippen MR) is 59.8 cm³/mol. The third kappa shape index (κ3) is 2.32. The fraction of sp³-hybridized carbons (Fsp3) is 0.333. The number of halogens is 2. The van der Waals surface area contributed by atoms with E-state index in [9.17, 15) is 4.39 Å². The van der Waals surface area contributed by atoms with E-state index in [2.05, 4.69) is 0 Å². The normalized spacial score (nSPS) is 20.2. The number of allylic oxidation sites excluding steroid dienone is 2. The first-order valence-electron chi connectivity index (χ1n) is 4.89. The summed E-state index contributed by atoms with van der Waals surface area (Å²) in [4.78, 5) is 0. The van der Waals surface area contributed by atoms with Gasteiger partial charge in [0.2, 0.25) is 0 Å². The maximum atomic E-state index is 13.2. The SMILES string of the molecule is COc1cc(F)cc(C2=CC(Cl)CC2)c1. The summed E-state index contributed by atoms with van der Waals surface area (Å²) in [5.41, 5.74) is 1.97. The van der Waals surface area contributed by atoms with E-state index in [-0.39, 0.29) is 11.2 Å². The van der Waals surface area contributed by atoms with Crippen molar-refractivity contribution in [3.63, 3.8) is 0 Å². The van der Waals surface area contributed by atoms with Crippen molar-refractivity contribution in [3.05, 3.63) is 35.7 Å². The highest BCUT2D eigenvalue weighted by Gasteiger charge is 2.15. The Morgan fingerprint density at radius 1 is 1.40 bits per heavy atom. The van der Waals surface area contributed by atoms with E-state index in [0.717, 1.165) is 24.0 Å². The molecule has 1 nitrogen and oxygen atoms in total. The molecule has 0 fully saturated rings. The summed E-state index contributed by atoms with van der Waals surface area (Å²) in [6.45, 7) is 0. The van der Waals surface area contributed by atoms with Gasteiger partial charge in [-0.1, -0.05) is 6.08 Å². The Labute approximate surface area is 93.5 Å². The van der Waals surface area contributed by atoms with Crippen LogP contribution in [0.2, 0.25) is 0 Å². The first kappa shape index (κ1) is 10.5. The molecule has 1 unspecified atom stereocenters. The standard InChI is InChI=1S/C12H12ClFO/c1-15-12-6-9(5-11(14)7-12)8-2-3-10(13)4-8/h4-7,10H,2-3H2,1H3. The maximum Gasteiger partial charge on any atom is 0.127 e. The van der Waals surface area contributed by atoms with Gasteiger partial charge in [-0.15, -0.1) is 11.6 Å². The zero-order valence-corrected chi connectivity index (χ0v) is 9.22. The molecule has 0 aliphatic heterocycles. The van der Waals surface area contributed by atoms with Gasteiger partial charge in [-0.3, -0.25) is 0 Å². The number of methoxy groups -OCH3 is 1. The molecule has 2 rings (SSSR count). The lowest BCUT2D eigenvalue weighted by atomic mass is 10.1. The van der Waals surface area contributed by atoms with Gasteiger partial charge in [0, 0.05) is 6.07 Å². The molecule has 0 bridgehead atoms.